The van der Waals surface area contributed by atoms with Crippen LogP contribution in [0.25, 0.3) is 0 Å². The van der Waals surface area contributed by atoms with E-state index in [1.807, 2.05) is 43.3 Å². The predicted octanol–water partition coefficient (Wildman–Crippen LogP) is 4.33. The van der Waals surface area contributed by atoms with Crippen LogP contribution in [0.4, 0.5) is 5.69 Å². The topological polar surface area (TPSA) is 34.1 Å². The molecule has 0 unspecified atom stereocenters. The average Bonchev–Trinajstić information content (AvgIpc) is 2.45. The van der Waals surface area contributed by atoms with Crippen molar-refractivity contribution < 1.29 is 4.74 Å². The van der Waals surface area contributed by atoms with Crippen LogP contribution in [0.1, 0.15) is 11.3 Å². The lowest BCUT2D eigenvalue weighted by Gasteiger charge is -2.13. The molecule has 0 saturated heterocycles. The van der Waals surface area contributed by atoms with Crippen LogP contribution in [0.5, 0.6) is 5.75 Å². The van der Waals surface area contributed by atoms with E-state index in [1.165, 1.54) is 0 Å². The van der Waals surface area contributed by atoms with Gasteiger partial charge in [-0.3, -0.25) is 0 Å². The Labute approximate surface area is 127 Å². The minimum absolute atomic E-state index is 0.510. The van der Waals surface area contributed by atoms with Gasteiger partial charge in [-0.05, 0) is 41.1 Å². The van der Waals surface area contributed by atoms with E-state index in [0.29, 0.717) is 13.2 Å². The summed E-state index contributed by atoms with van der Waals surface area (Å²) in [7, 11) is 0. The molecule has 1 heterocycles. The molecule has 0 bridgehead atoms. The number of hydrogen-bond acceptors (Lipinski definition) is 3. The molecule has 0 saturated carbocycles. The summed E-state index contributed by atoms with van der Waals surface area (Å²) in [5.74, 6) is 0.877. The van der Waals surface area contributed by atoms with Crippen LogP contribution in [-0.2, 0) is 6.54 Å². The number of pyridine rings is 1. The number of ether oxygens (including phenoxy) is 1. The first-order valence-corrected chi connectivity index (χ1v) is 7.18. The van der Waals surface area contributed by atoms with Gasteiger partial charge in [0.2, 0.25) is 0 Å². The monoisotopic (exact) mass is 332 g/mol. The smallest absolute Gasteiger partial charge is 0.124 e. The maximum atomic E-state index is 5.64. The molecule has 2 aromatic rings. The van der Waals surface area contributed by atoms with Crippen LogP contribution in [0.3, 0.4) is 0 Å². The lowest BCUT2D eigenvalue weighted by atomic mass is 10.2. The van der Waals surface area contributed by atoms with E-state index in [2.05, 4.69) is 32.8 Å². The summed E-state index contributed by atoms with van der Waals surface area (Å²) in [6.07, 6.45) is 1.74. The molecule has 20 heavy (non-hydrogen) atoms. The molecule has 0 atom stereocenters. The van der Waals surface area contributed by atoms with Gasteiger partial charge in [0.15, 0.2) is 0 Å². The minimum Gasteiger partial charge on any atom is -0.489 e. The van der Waals surface area contributed by atoms with Crippen molar-refractivity contribution in [3.05, 3.63) is 64.9 Å². The Morgan fingerprint density at radius 3 is 2.85 bits per heavy atom. The first-order valence-electron chi connectivity index (χ1n) is 6.39. The third-order valence-corrected chi connectivity index (χ3v) is 3.29. The van der Waals surface area contributed by atoms with Crippen molar-refractivity contribution in [2.24, 2.45) is 0 Å². The van der Waals surface area contributed by atoms with Gasteiger partial charge in [-0.2, -0.15) is 0 Å². The summed E-state index contributed by atoms with van der Waals surface area (Å²) >= 11 is 3.36. The van der Waals surface area contributed by atoms with Gasteiger partial charge in [0.25, 0.3) is 0 Å². The second-order valence-electron chi connectivity index (χ2n) is 4.33. The molecule has 3 nitrogen and oxygen atoms in total. The molecule has 0 amide bonds. The molecule has 0 spiro atoms. The first-order chi connectivity index (χ1) is 9.70. The summed E-state index contributed by atoms with van der Waals surface area (Å²) in [6.45, 7) is 6.85. The number of hydrogen-bond donors (Lipinski definition) is 1. The molecule has 0 aliphatic rings. The number of nitrogens with one attached hydrogen (secondary N) is 1. The van der Waals surface area contributed by atoms with Crippen LogP contribution in [0.2, 0.25) is 0 Å². The Kier molecular flexibility index (Phi) is 5.18. The van der Waals surface area contributed by atoms with E-state index in [-0.39, 0.29) is 0 Å². The highest BCUT2D eigenvalue weighted by atomic mass is 79.9. The van der Waals surface area contributed by atoms with Gasteiger partial charge in [-0.1, -0.05) is 30.9 Å². The molecular formula is C16H17BrN2O. The highest BCUT2D eigenvalue weighted by molar-refractivity contribution is 9.10. The zero-order valence-corrected chi connectivity index (χ0v) is 13.0. The van der Waals surface area contributed by atoms with Crippen LogP contribution in [-0.4, -0.2) is 11.6 Å². The maximum absolute atomic E-state index is 5.64. The van der Waals surface area contributed by atoms with Gasteiger partial charge in [0.05, 0.1) is 11.4 Å². The van der Waals surface area contributed by atoms with Crippen molar-refractivity contribution in [2.45, 2.75) is 13.5 Å². The molecule has 2 rings (SSSR count). The lowest BCUT2D eigenvalue weighted by Crippen LogP contribution is -2.05. The Morgan fingerprint density at radius 1 is 1.30 bits per heavy atom. The van der Waals surface area contributed by atoms with E-state index in [0.717, 1.165) is 27.3 Å². The molecule has 0 radical (unpaired) electrons. The lowest BCUT2D eigenvalue weighted by molar-refractivity contribution is 0.359. The predicted molar refractivity (Wildman–Crippen MR) is 86.1 cm³/mol. The highest BCUT2D eigenvalue weighted by Gasteiger charge is 2.04. The molecule has 0 aliphatic carbocycles. The summed E-state index contributed by atoms with van der Waals surface area (Å²) in [5, 5.41) is 3.38. The Bertz CT molecular complexity index is 599. The van der Waals surface area contributed by atoms with Crippen molar-refractivity contribution in [1.82, 2.24) is 4.98 Å². The van der Waals surface area contributed by atoms with E-state index in [1.54, 1.807) is 6.08 Å². The number of rotatable bonds is 6. The molecule has 1 aromatic carbocycles. The van der Waals surface area contributed by atoms with E-state index < -0.39 is 0 Å². The number of halogens is 1. The Balaban J connectivity index is 2.08. The SMILES string of the molecule is C=CCOc1ccccc1CNc1ccc(Br)nc1C. The zero-order valence-electron chi connectivity index (χ0n) is 11.4. The number of anilines is 1. The van der Waals surface area contributed by atoms with Gasteiger partial charge < -0.3 is 10.1 Å². The number of aromatic nitrogens is 1. The highest BCUT2D eigenvalue weighted by Crippen LogP contribution is 2.21. The molecule has 0 aliphatic heterocycles. The first kappa shape index (κ1) is 14.6. The van der Waals surface area contributed by atoms with Crippen LogP contribution in [0.15, 0.2) is 53.7 Å². The van der Waals surface area contributed by atoms with Crippen molar-refractivity contribution in [3.8, 4) is 5.75 Å². The molecule has 104 valence electrons. The number of para-hydroxylation sites is 1. The van der Waals surface area contributed by atoms with E-state index in [4.69, 9.17) is 4.74 Å². The maximum Gasteiger partial charge on any atom is 0.124 e. The Hall–Kier alpha value is -1.81. The van der Waals surface area contributed by atoms with Crippen LogP contribution >= 0.6 is 15.9 Å². The van der Waals surface area contributed by atoms with Crippen LogP contribution in [0, 0.1) is 6.92 Å². The van der Waals surface area contributed by atoms with Crippen molar-refractivity contribution in [2.75, 3.05) is 11.9 Å². The fraction of sp³-hybridized carbons (Fsp3) is 0.188. The minimum atomic E-state index is 0.510. The number of benzene rings is 1. The summed E-state index contributed by atoms with van der Waals surface area (Å²) < 4.78 is 6.49. The fourth-order valence-electron chi connectivity index (χ4n) is 1.85. The Morgan fingerprint density at radius 2 is 2.10 bits per heavy atom. The van der Waals surface area contributed by atoms with Gasteiger partial charge in [-0.15, -0.1) is 0 Å². The zero-order chi connectivity index (χ0) is 14.4. The summed E-state index contributed by atoms with van der Waals surface area (Å²) in [6, 6.07) is 11.9. The largest absolute Gasteiger partial charge is 0.489 e. The summed E-state index contributed by atoms with van der Waals surface area (Å²) in [4.78, 5) is 4.37. The van der Waals surface area contributed by atoms with Gasteiger partial charge >= 0.3 is 0 Å². The molecule has 1 aromatic heterocycles. The fourth-order valence-corrected chi connectivity index (χ4v) is 2.25. The van der Waals surface area contributed by atoms with E-state index in [9.17, 15) is 0 Å². The third kappa shape index (κ3) is 3.84. The second kappa shape index (κ2) is 7.10. The molecule has 1 N–H and O–H groups in total. The summed E-state index contributed by atoms with van der Waals surface area (Å²) in [5.41, 5.74) is 3.09. The van der Waals surface area contributed by atoms with Crippen molar-refractivity contribution >= 4 is 21.6 Å². The van der Waals surface area contributed by atoms with Gasteiger partial charge in [0, 0.05) is 12.1 Å². The average molecular weight is 333 g/mol. The van der Waals surface area contributed by atoms with E-state index >= 15 is 0 Å². The number of nitrogens with zero attached hydrogens (tertiary/aromatic N) is 1. The van der Waals surface area contributed by atoms with Gasteiger partial charge in [-0.25, -0.2) is 4.98 Å². The van der Waals surface area contributed by atoms with Crippen molar-refractivity contribution in [3.63, 3.8) is 0 Å². The molecule has 0 fully saturated rings. The standard InChI is InChI=1S/C16H17BrN2O/c1-3-10-20-15-7-5-4-6-13(15)11-18-14-8-9-16(17)19-12(14)2/h3-9,18H,1,10-11H2,2H3. The number of aryl methyl sites for hydroxylation is 1. The quantitative estimate of drug-likeness (QED) is 0.631. The molecule has 4 heteroatoms. The third-order valence-electron chi connectivity index (χ3n) is 2.85. The molecular weight excluding hydrogens is 316 g/mol. The van der Waals surface area contributed by atoms with Gasteiger partial charge in [0.1, 0.15) is 17.0 Å². The normalized spacial score (nSPS) is 10.1. The van der Waals surface area contributed by atoms with Crippen LogP contribution < -0.4 is 10.1 Å². The second-order valence-corrected chi connectivity index (χ2v) is 5.14. The van der Waals surface area contributed by atoms with Crippen molar-refractivity contribution in [1.29, 1.82) is 0 Å².